The second-order valence-electron chi connectivity index (χ2n) is 8.08. The number of nitrogens with zero attached hydrogens (tertiary/aromatic N) is 3. The van der Waals surface area contributed by atoms with Crippen molar-refractivity contribution in [3.8, 4) is 17.0 Å². The van der Waals surface area contributed by atoms with Gasteiger partial charge in [0.2, 0.25) is 0 Å². The van der Waals surface area contributed by atoms with E-state index < -0.39 is 0 Å². The van der Waals surface area contributed by atoms with Crippen LogP contribution in [0.3, 0.4) is 0 Å². The topological polar surface area (TPSA) is 70.7 Å². The Hall–Kier alpha value is -3.16. The summed E-state index contributed by atoms with van der Waals surface area (Å²) in [5, 5.41) is 7.58. The van der Waals surface area contributed by atoms with E-state index >= 15 is 0 Å². The molecule has 2 aliphatic rings. The second kappa shape index (κ2) is 9.14. The largest absolute Gasteiger partial charge is 0.494 e. The van der Waals surface area contributed by atoms with E-state index in [1.807, 2.05) is 54.3 Å². The minimum Gasteiger partial charge on any atom is -0.494 e. The van der Waals surface area contributed by atoms with E-state index in [1.165, 1.54) is 0 Å². The van der Waals surface area contributed by atoms with E-state index in [4.69, 9.17) is 9.47 Å². The number of hydrogen-bond acceptors (Lipinski definition) is 5. The molecular formula is C25H28N4O3. The SMILES string of the molecule is CCOc1ccc(C2c3c(-c4ccccc4)n[nH]c3C(=O)N2CCN2CCOCC2)cc1. The summed E-state index contributed by atoms with van der Waals surface area (Å²) in [6, 6.07) is 17.9. The second-order valence-corrected chi connectivity index (χ2v) is 8.08. The number of benzene rings is 2. The van der Waals surface area contributed by atoms with Gasteiger partial charge in [-0.3, -0.25) is 14.8 Å². The molecule has 0 radical (unpaired) electrons. The lowest BCUT2D eigenvalue weighted by Gasteiger charge is -2.31. The number of hydrogen-bond donors (Lipinski definition) is 1. The zero-order valence-corrected chi connectivity index (χ0v) is 18.3. The van der Waals surface area contributed by atoms with Gasteiger partial charge in [0.25, 0.3) is 5.91 Å². The van der Waals surface area contributed by atoms with Crippen molar-refractivity contribution in [2.45, 2.75) is 13.0 Å². The van der Waals surface area contributed by atoms with Crippen LogP contribution in [0.2, 0.25) is 0 Å². The minimum absolute atomic E-state index is 0.00169. The molecule has 32 heavy (non-hydrogen) atoms. The molecule has 1 unspecified atom stereocenters. The van der Waals surface area contributed by atoms with Gasteiger partial charge in [0, 0.05) is 37.3 Å². The van der Waals surface area contributed by atoms with Crippen LogP contribution in [-0.4, -0.2) is 71.9 Å². The molecule has 0 aliphatic carbocycles. The van der Waals surface area contributed by atoms with Crippen LogP contribution in [0.4, 0.5) is 0 Å². The average molecular weight is 433 g/mol. The van der Waals surface area contributed by atoms with E-state index in [0.29, 0.717) is 18.8 Å². The zero-order valence-electron chi connectivity index (χ0n) is 18.3. The van der Waals surface area contributed by atoms with Crippen molar-refractivity contribution < 1.29 is 14.3 Å². The van der Waals surface area contributed by atoms with E-state index in [1.54, 1.807) is 0 Å². The maximum atomic E-state index is 13.5. The first-order chi connectivity index (χ1) is 15.8. The predicted octanol–water partition coefficient (Wildman–Crippen LogP) is 3.35. The summed E-state index contributed by atoms with van der Waals surface area (Å²) in [7, 11) is 0. The highest BCUT2D eigenvalue weighted by Gasteiger charge is 2.42. The summed E-state index contributed by atoms with van der Waals surface area (Å²) in [6.07, 6.45) is 0. The highest BCUT2D eigenvalue weighted by Crippen LogP contribution is 2.42. The molecule has 1 aromatic heterocycles. The Kier molecular flexibility index (Phi) is 5.92. The Morgan fingerprint density at radius 1 is 1.06 bits per heavy atom. The number of carbonyl (C=O) groups is 1. The molecule has 2 aromatic carbocycles. The number of aromatic nitrogens is 2. The smallest absolute Gasteiger partial charge is 0.273 e. The number of H-pyrrole nitrogens is 1. The van der Waals surface area contributed by atoms with Gasteiger partial charge >= 0.3 is 0 Å². The van der Waals surface area contributed by atoms with Gasteiger partial charge in [-0.15, -0.1) is 0 Å². The normalized spacial score (nSPS) is 18.7. The van der Waals surface area contributed by atoms with Crippen molar-refractivity contribution in [3.05, 3.63) is 71.4 Å². The lowest BCUT2D eigenvalue weighted by atomic mass is 9.96. The third-order valence-electron chi connectivity index (χ3n) is 6.18. The molecule has 0 saturated carbocycles. The highest BCUT2D eigenvalue weighted by atomic mass is 16.5. The molecule has 3 aromatic rings. The molecule has 2 aliphatic heterocycles. The van der Waals surface area contributed by atoms with Crippen molar-refractivity contribution in [2.24, 2.45) is 0 Å². The summed E-state index contributed by atoms with van der Waals surface area (Å²) in [5.41, 5.74) is 4.43. The first-order valence-corrected chi connectivity index (χ1v) is 11.2. The molecule has 1 amide bonds. The van der Waals surface area contributed by atoms with Gasteiger partial charge in [-0.05, 0) is 24.6 Å². The first-order valence-electron chi connectivity index (χ1n) is 11.2. The van der Waals surface area contributed by atoms with E-state index in [-0.39, 0.29) is 11.9 Å². The van der Waals surface area contributed by atoms with Crippen LogP contribution in [0.15, 0.2) is 54.6 Å². The lowest BCUT2D eigenvalue weighted by Crippen LogP contribution is -2.42. The molecular weight excluding hydrogens is 404 g/mol. The molecule has 1 fully saturated rings. The Morgan fingerprint density at radius 2 is 1.81 bits per heavy atom. The number of fused-ring (bicyclic) bond motifs is 1. The van der Waals surface area contributed by atoms with Crippen LogP contribution in [0.1, 0.15) is 34.6 Å². The third kappa shape index (κ3) is 3.89. The van der Waals surface area contributed by atoms with E-state index in [0.717, 1.165) is 61.0 Å². The van der Waals surface area contributed by atoms with Gasteiger partial charge in [0.05, 0.1) is 31.6 Å². The molecule has 1 saturated heterocycles. The average Bonchev–Trinajstić information content (AvgIpc) is 3.39. The van der Waals surface area contributed by atoms with Crippen molar-refractivity contribution in [2.75, 3.05) is 46.0 Å². The van der Waals surface area contributed by atoms with Crippen molar-refractivity contribution in [3.63, 3.8) is 0 Å². The summed E-state index contributed by atoms with van der Waals surface area (Å²) in [4.78, 5) is 17.8. The fourth-order valence-corrected chi connectivity index (χ4v) is 4.58. The summed E-state index contributed by atoms with van der Waals surface area (Å²) < 4.78 is 11.1. The molecule has 0 bridgehead atoms. The molecule has 166 valence electrons. The molecule has 7 nitrogen and oxygen atoms in total. The minimum atomic E-state index is -0.192. The standard InChI is InChI=1S/C25H28N4O3/c1-2-32-20-10-8-19(9-11-20)24-21-22(18-6-4-3-5-7-18)26-27-23(21)25(30)29(24)13-12-28-14-16-31-17-15-28/h3-11,24H,2,12-17H2,1H3,(H,26,27). The summed E-state index contributed by atoms with van der Waals surface area (Å²) in [6.45, 7) is 7.36. The van der Waals surface area contributed by atoms with Crippen LogP contribution in [0, 0.1) is 0 Å². The molecule has 3 heterocycles. The number of morpholine rings is 1. The number of carbonyl (C=O) groups excluding carboxylic acids is 1. The van der Waals surface area contributed by atoms with Crippen molar-refractivity contribution in [1.29, 1.82) is 0 Å². The maximum absolute atomic E-state index is 13.5. The Morgan fingerprint density at radius 3 is 2.53 bits per heavy atom. The van der Waals surface area contributed by atoms with Gasteiger partial charge in [-0.1, -0.05) is 42.5 Å². The van der Waals surface area contributed by atoms with Crippen LogP contribution in [-0.2, 0) is 4.74 Å². The lowest BCUT2D eigenvalue weighted by molar-refractivity contribution is 0.0316. The van der Waals surface area contributed by atoms with Gasteiger partial charge < -0.3 is 14.4 Å². The van der Waals surface area contributed by atoms with Gasteiger partial charge in [-0.2, -0.15) is 5.10 Å². The fraction of sp³-hybridized carbons (Fsp3) is 0.360. The number of aromatic amines is 1. The van der Waals surface area contributed by atoms with Crippen LogP contribution in [0.25, 0.3) is 11.3 Å². The number of nitrogens with one attached hydrogen (secondary N) is 1. The van der Waals surface area contributed by atoms with Gasteiger partial charge in [0.1, 0.15) is 11.4 Å². The quantitative estimate of drug-likeness (QED) is 0.620. The molecule has 1 atom stereocenters. The third-order valence-corrected chi connectivity index (χ3v) is 6.18. The summed E-state index contributed by atoms with van der Waals surface area (Å²) >= 11 is 0. The number of ether oxygens (including phenoxy) is 2. The van der Waals surface area contributed by atoms with Crippen molar-refractivity contribution in [1.82, 2.24) is 20.0 Å². The highest BCUT2D eigenvalue weighted by molar-refractivity contribution is 6.00. The maximum Gasteiger partial charge on any atom is 0.273 e. The van der Waals surface area contributed by atoms with Crippen LogP contribution < -0.4 is 4.74 Å². The molecule has 7 heteroatoms. The Balaban J connectivity index is 1.51. The summed E-state index contributed by atoms with van der Waals surface area (Å²) in [5.74, 6) is 0.831. The zero-order chi connectivity index (χ0) is 21.9. The first kappa shape index (κ1) is 20.7. The Bertz CT molecular complexity index is 1060. The fourth-order valence-electron chi connectivity index (χ4n) is 4.58. The molecule has 5 rings (SSSR count). The van der Waals surface area contributed by atoms with Crippen LogP contribution >= 0.6 is 0 Å². The van der Waals surface area contributed by atoms with E-state index in [9.17, 15) is 4.79 Å². The van der Waals surface area contributed by atoms with Gasteiger partial charge in [0.15, 0.2) is 0 Å². The van der Waals surface area contributed by atoms with Crippen LogP contribution in [0.5, 0.6) is 5.75 Å². The molecule has 0 spiro atoms. The van der Waals surface area contributed by atoms with E-state index in [2.05, 4.69) is 27.2 Å². The van der Waals surface area contributed by atoms with Crippen molar-refractivity contribution >= 4 is 5.91 Å². The molecule has 1 N–H and O–H groups in total. The number of amides is 1. The monoisotopic (exact) mass is 432 g/mol. The Labute approximate surface area is 187 Å². The van der Waals surface area contributed by atoms with Gasteiger partial charge in [-0.25, -0.2) is 0 Å². The predicted molar refractivity (Wildman–Crippen MR) is 122 cm³/mol. The number of rotatable bonds is 7.